The van der Waals surface area contributed by atoms with Gasteiger partial charge >= 0.3 is 0 Å². The van der Waals surface area contributed by atoms with Gasteiger partial charge in [0.2, 0.25) is 0 Å². The number of rotatable bonds is 2. The lowest BCUT2D eigenvalue weighted by Crippen LogP contribution is -2.29. The number of hydrogen-bond acceptors (Lipinski definition) is 3. The molecule has 1 heterocycles. The Bertz CT molecular complexity index is 722. The second-order valence-electron chi connectivity index (χ2n) is 4.96. The molecule has 20 heavy (non-hydrogen) atoms. The summed E-state index contributed by atoms with van der Waals surface area (Å²) in [4.78, 5) is 25.9. The Morgan fingerprint density at radius 2 is 1.80 bits per heavy atom. The lowest BCUT2D eigenvalue weighted by Gasteiger charge is -2.14. The number of carbonyl (C=O) groups is 2. The minimum atomic E-state index is -0.315. The van der Waals surface area contributed by atoms with E-state index in [2.05, 4.69) is 0 Å². The molecule has 0 unspecified atom stereocenters. The van der Waals surface area contributed by atoms with E-state index in [1.807, 2.05) is 31.2 Å². The van der Waals surface area contributed by atoms with Crippen molar-refractivity contribution < 1.29 is 9.59 Å². The molecule has 2 N–H and O–H groups in total. The monoisotopic (exact) mass is 266 g/mol. The molecule has 1 aliphatic heterocycles. The number of carbonyl (C=O) groups excluding carboxylic acids is 2. The molecule has 2 aromatic rings. The maximum Gasteiger partial charge on any atom is 0.263 e. The Hall–Kier alpha value is -2.62. The fraction of sp³-hybridized carbons (Fsp3) is 0.125. The molecule has 0 atom stereocenters. The molecular weight excluding hydrogens is 252 g/mol. The van der Waals surface area contributed by atoms with Crippen LogP contribution in [0.5, 0.6) is 0 Å². The van der Waals surface area contributed by atoms with Crippen molar-refractivity contribution in [2.75, 3.05) is 5.73 Å². The topological polar surface area (TPSA) is 63.4 Å². The Balaban J connectivity index is 1.96. The minimum Gasteiger partial charge on any atom is -0.398 e. The highest BCUT2D eigenvalue weighted by Crippen LogP contribution is 2.28. The summed E-state index contributed by atoms with van der Waals surface area (Å²) < 4.78 is 0. The van der Waals surface area contributed by atoms with Gasteiger partial charge in [-0.25, -0.2) is 0 Å². The molecule has 0 spiro atoms. The van der Waals surface area contributed by atoms with Gasteiger partial charge in [-0.15, -0.1) is 0 Å². The van der Waals surface area contributed by atoms with Crippen LogP contribution >= 0.6 is 0 Å². The van der Waals surface area contributed by atoms with Crippen LogP contribution in [0, 0.1) is 6.92 Å². The zero-order valence-corrected chi connectivity index (χ0v) is 11.1. The van der Waals surface area contributed by atoms with Crippen molar-refractivity contribution in [3.05, 3.63) is 64.7 Å². The largest absolute Gasteiger partial charge is 0.398 e. The number of benzene rings is 2. The quantitative estimate of drug-likeness (QED) is 0.670. The highest BCUT2D eigenvalue weighted by atomic mass is 16.2. The zero-order chi connectivity index (χ0) is 14.3. The first kappa shape index (κ1) is 12.4. The summed E-state index contributed by atoms with van der Waals surface area (Å²) >= 11 is 0. The molecule has 4 heteroatoms. The van der Waals surface area contributed by atoms with Gasteiger partial charge in [-0.1, -0.05) is 35.9 Å². The SMILES string of the molecule is Cc1cccc(CN2C(=O)c3cccc(N)c3C2=O)c1. The van der Waals surface area contributed by atoms with Crippen molar-refractivity contribution in [1.82, 2.24) is 4.90 Å². The fourth-order valence-corrected chi connectivity index (χ4v) is 2.50. The Kier molecular flexibility index (Phi) is 2.79. The fourth-order valence-electron chi connectivity index (χ4n) is 2.50. The lowest BCUT2D eigenvalue weighted by atomic mass is 10.1. The molecule has 4 nitrogen and oxygen atoms in total. The number of hydrogen-bond donors (Lipinski definition) is 1. The Morgan fingerprint density at radius 3 is 2.50 bits per heavy atom. The summed E-state index contributed by atoms with van der Waals surface area (Å²) in [6.07, 6.45) is 0. The van der Waals surface area contributed by atoms with E-state index >= 15 is 0 Å². The smallest absolute Gasteiger partial charge is 0.263 e. The van der Waals surface area contributed by atoms with Crippen molar-refractivity contribution in [1.29, 1.82) is 0 Å². The number of aryl methyl sites for hydroxylation is 1. The van der Waals surface area contributed by atoms with Gasteiger partial charge < -0.3 is 5.73 Å². The van der Waals surface area contributed by atoms with E-state index in [-0.39, 0.29) is 18.4 Å². The average Bonchev–Trinajstić information content (AvgIpc) is 2.65. The molecule has 2 aromatic carbocycles. The lowest BCUT2D eigenvalue weighted by molar-refractivity contribution is 0.0642. The molecule has 1 aliphatic rings. The number of imide groups is 1. The Labute approximate surface area is 116 Å². The standard InChI is InChI=1S/C16H14N2O2/c1-10-4-2-5-11(8-10)9-18-15(19)12-6-3-7-13(17)14(12)16(18)20/h2-8H,9,17H2,1H3. The molecule has 2 amide bonds. The van der Waals surface area contributed by atoms with Crippen molar-refractivity contribution in [2.24, 2.45) is 0 Å². The molecule has 0 fully saturated rings. The van der Waals surface area contributed by atoms with Gasteiger partial charge in [-0.3, -0.25) is 14.5 Å². The Morgan fingerprint density at radius 1 is 1.05 bits per heavy atom. The number of amides is 2. The summed E-state index contributed by atoms with van der Waals surface area (Å²) in [5.41, 5.74) is 8.90. The highest BCUT2D eigenvalue weighted by Gasteiger charge is 2.36. The van der Waals surface area contributed by atoms with Crippen LogP contribution in [0.15, 0.2) is 42.5 Å². The van der Waals surface area contributed by atoms with Gasteiger partial charge in [-0.2, -0.15) is 0 Å². The first-order chi connectivity index (χ1) is 9.58. The van der Waals surface area contributed by atoms with Crippen LogP contribution in [0.3, 0.4) is 0 Å². The predicted octanol–water partition coefficient (Wildman–Crippen LogP) is 2.37. The average molecular weight is 266 g/mol. The zero-order valence-electron chi connectivity index (χ0n) is 11.1. The van der Waals surface area contributed by atoms with Crippen LogP contribution in [0.4, 0.5) is 5.69 Å². The number of nitrogens with zero attached hydrogens (tertiary/aromatic N) is 1. The predicted molar refractivity (Wildman–Crippen MR) is 76.2 cm³/mol. The van der Waals surface area contributed by atoms with E-state index in [4.69, 9.17) is 5.73 Å². The van der Waals surface area contributed by atoms with Crippen LogP contribution in [0.1, 0.15) is 31.8 Å². The summed E-state index contributed by atoms with van der Waals surface area (Å²) in [5.74, 6) is -0.594. The number of nitrogens with two attached hydrogens (primary N) is 1. The third-order valence-corrected chi connectivity index (χ3v) is 3.45. The van der Waals surface area contributed by atoms with Crippen molar-refractivity contribution >= 4 is 17.5 Å². The maximum absolute atomic E-state index is 12.3. The second kappa shape index (κ2) is 4.49. The third kappa shape index (κ3) is 1.86. The summed E-state index contributed by atoms with van der Waals surface area (Å²) in [5, 5.41) is 0. The second-order valence-corrected chi connectivity index (χ2v) is 4.96. The van der Waals surface area contributed by atoms with Crippen molar-refractivity contribution in [3.8, 4) is 0 Å². The number of nitrogen functional groups attached to an aromatic ring is 1. The summed E-state index contributed by atoms with van der Waals surface area (Å²) in [7, 11) is 0. The maximum atomic E-state index is 12.3. The van der Waals surface area contributed by atoms with Gasteiger partial charge in [0.1, 0.15) is 0 Å². The van der Waals surface area contributed by atoms with Gasteiger partial charge in [-0.05, 0) is 24.6 Å². The van der Waals surface area contributed by atoms with Gasteiger partial charge in [0.25, 0.3) is 11.8 Å². The molecule has 0 aliphatic carbocycles. The molecule has 3 rings (SSSR count). The number of fused-ring (bicyclic) bond motifs is 1. The van der Waals surface area contributed by atoms with Gasteiger partial charge in [0.15, 0.2) is 0 Å². The van der Waals surface area contributed by atoms with Crippen LogP contribution in [0.25, 0.3) is 0 Å². The minimum absolute atomic E-state index is 0.271. The molecular formula is C16H14N2O2. The van der Waals surface area contributed by atoms with Crippen LogP contribution in [0.2, 0.25) is 0 Å². The van der Waals surface area contributed by atoms with E-state index in [1.165, 1.54) is 4.90 Å². The van der Waals surface area contributed by atoms with Crippen LogP contribution in [-0.2, 0) is 6.54 Å². The normalized spacial score (nSPS) is 13.8. The van der Waals surface area contributed by atoms with E-state index in [9.17, 15) is 9.59 Å². The molecule has 0 saturated carbocycles. The van der Waals surface area contributed by atoms with E-state index < -0.39 is 0 Å². The molecule has 0 saturated heterocycles. The number of anilines is 1. The molecule has 0 radical (unpaired) electrons. The first-order valence-corrected chi connectivity index (χ1v) is 6.38. The van der Waals surface area contributed by atoms with E-state index in [1.54, 1.807) is 18.2 Å². The highest BCUT2D eigenvalue weighted by molar-refractivity contribution is 6.23. The molecule has 100 valence electrons. The molecule has 0 bridgehead atoms. The van der Waals surface area contributed by atoms with Crippen molar-refractivity contribution in [2.45, 2.75) is 13.5 Å². The summed E-state index contributed by atoms with van der Waals surface area (Å²) in [6.45, 7) is 2.25. The first-order valence-electron chi connectivity index (χ1n) is 6.38. The van der Waals surface area contributed by atoms with Gasteiger partial charge in [0, 0.05) is 5.69 Å². The van der Waals surface area contributed by atoms with E-state index in [0.717, 1.165) is 11.1 Å². The third-order valence-electron chi connectivity index (χ3n) is 3.45. The van der Waals surface area contributed by atoms with Crippen LogP contribution < -0.4 is 5.73 Å². The summed E-state index contributed by atoms with van der Waals surface area (Å²) in [6, 6.07) is 12.7. The van der Waals surface area contributed by atoms with Gasteiger partial charge in [0.05, 0.1) is 17.7 Å². The van der Waals surface area contributed by atoms with Crippen molar-refractivity contribution in [3.63, 3.8) is 0 Å². The molecule has 0 aromatic heterocycles. The van der Waals surface area contributed by atoms with E-state index in [0.29, 0.717) is 16.8 Å². The van der Waals surface area contributed by atoms with Crippen LogP contribution in [-0.4, -0.2) is 16.7 Å².